The van der Waals surface area contributed by atoms with Crippen molar-refractivity contribution in [2.75, 3.05) is 17.1 Å². The molecular formula is C29H32BrCl2N3O4S. The Morgan fingerprint density at radius 2 is 1.65 bits per heavy atom. The van der Waals surface area contributed by atoms with Gasteiger partial charge in [-0.25, -0.2) is 8.42 Å². The number of anilines is 1. The maximum Gasteiger partial charge on any atom is 0.244 e. The number of benzene rings is 3. The van der Waals surface area contributed by atoms with Crippen molar-refractivity contribution in [3.63, 3.8) is 0 Å². The van der Waals surface area contributed by atoms with Gasteiger partial charge in [-0.3, -0.25) is 13.9 Å². The van der Waals surface area contributed by atoms with E-state index in [0.29, 0.717) is 32.2 Å². The molecule has 0 aliphatic heterocycles. The van der Waals surface area contributed by atoms with E-state index in [1.165, 1.54) is 4.90 Å². The first kappa shape index (κ1) is 31.9. The number of nitrogens with one attached hydrogen (secondary N) is 1. The molecule has 0 fully saturated rings. The molecule has 0 spiro atoms. The predicted molar refractivity (Wildman–Crippen MR) is 165 cm³/mol. The summed E-state index contributed by atoms with van der Waals surface area (Å²) in [6.45, 7) is 3.36. The van der Waals surface area contributed by atoms with Crippen molar-refractivity contribution < 1.29 is 18.0 Å². The van der Waals surface area contributed by atoms with Crippen LogP contribution in [0, 0.1) is 0 Å². The molecule has 0 aliphatic rings. The second kappa shape index (κ2) is 14.3. The SMILES string of the molecule is CC[C@@H](C)NC(=O)[C@H](Cc1ccccc1)N(Cc1ccc(Cl)c(Cl)c1)C(=O)CN(c1cccc(Br)c1)S(C)(=O)=O. The topological polar surface area (TPSA) is 86.8 Å². The third-order valence-corrected chi connectivity index (χ3v) is 8.76. The molecule has 3 rings (SSSR count). The van der Waals surface area contributed by atoms with Crippen LogP contribution in [-0.4, -0.2) is 50.0 Å². The summed E-state index contributed by atoms with van der Waals surface area (Å²) in [4.78, 5) is 29.2. The van der Waals surface area contributed by atoms with Crippen molar-refractivity contribution in [1.29, 1.82) is 0 Å². The van der Waals surface area contributed by atoms with Crippen LogP contribution in [0.3, 0.4) is 0 Å². The zero-order valence-electron chi connectivity index (χ0n) is 22.5. The van der Waals surface area contributed by atoms with Gasteiger partial charge in [0.1, 0.15) is 12.6 Å². The summed E-state index contributed by atoms with van der Waals surface area (Å²) >= 11 is 15.8. The van der Waals surface area contributed by atoms with E-state index in [9.17, 15) is 18.0 Å². The zero-order chi connectivity index (χ0) is 29.4. The lowest BCUT2D eigenvalue weighted by molar-refractivity contribution is -0.140. The molecule has 0 saturated heterocycles. The molecule has 3 aromatic carbocycles. The highest BCUT2D eigenvalue weighted by Gasteiger charge is 2.33. The van der Waals surface area contributed by atoms with E-state index < -0.39 is 28.5 Å². The van der Waals surface area contributed by atoms with Crippen molar-refractivity contribution in [2.24, 2.45) is 0 Å². The third kappa shape index (κ3) is 8.96. The minimum absolute atomic E-state index is 0.0111. The molecule has 11 heteroatoms. The Kier molecular flexibility index (Phi) is 11.5. The first-order valence-electron chi connectivity index (χ1n) is 12.7. The van der Waals surface area contributed by atoms with Crippen LogP contribution in [0.5, 0.6) is 0 Å². The third-order valence-electron chi connectivity index (χ3n) is 6.38. The van der Waals surface area contributed by atoms with Crippen molar-refractivity contribution in [1.82, 2.24) is 10.2 Å². The summed E-state index contributed by atoms with van der Waals surface area (Å²) in [5.74, 6) is -0.878. The lowest BCUT2D eigenvalue weighted by atomic mass is 10.0. The highest BCUT2D eigenvalue weighted by Crippen LogP contribution is 2.26. The van der Waals surface area contributed by atoms with E-state index >= 15 is 0 Å². The Morgan fingerprint density at radius 1 is 0.950 bits per heavy atom. The molecule has 0 bridgehead atoms. The lowest BCUT2D eigenvalue weighted by Crippen LogP contribution is -2.54. The summed E-state index contributed by atoms with van der Waals surface area (Å²) in [6.07, 6.45) is 1.97. The minimum atomic E-state index is -3.85. The zero-order valence-corrected chi connectivity index (χ0v) is 26.4. The van der Waals surface area contributed by atoms with E-state index in [1.54, 1.807) is 42.5 Å². The molecule has 0 saturated carbocycles. The highest BCUT2D eigenvalue weighted by atomic mass is 79.9. The van der Waals surface area contributed by atoms with E-state index in [2.05, 4.69) is 21.2 Å². The monoisotopic (exact) mass is 667 g/mol. The highest BCUT2D eigenvalue weighted by molar-refractivity contribution is 9.10. The van der Waals surface area contributed by atoms with Crippen molar-refractivity contribution >= 4 is 66.7 Å². The maximum absolute atomic E-state index is 14.1. The van der Waals surface area contributed by atoms with Crippen LogP contribution in [-0.2, 0) is 32.6 Å². The molecule has 0 aliphatic carbocycles. The molecule has 2 amide bonds. The normalized spacial score (nSPS) is 12.8. The molecule has 0 unspecified atom stereocenters. The molecule has 1 N–H and O–H groups in total. The van der Waals surface area contributed by atoms with Crippen LogP contribution >= 0.6 is 39.1 Å². The minimum Gasteiger partial charge on any atom is -0.352 e. The Morgan fingerprint density at radius 3 is 2.25 bits per heavy atom. The number of hydrogen-bond donors (Lipinski definition) is 1. The Hall–Kier alpha value is -2.59. The lowest BCUT2D eigenvalue weighted by Gasteiger charge is -2.34. The molecule has 40 heavy (non-hydrogen) atoms. The van der Waals surface area contributed by atoms with Crippen LogP contribution in [0.15, 0.2) is 77.3 Å². The number of carbonyl (C=O) groups is 2. The van der Waals surface area contributed by atoms with Crippen molar-refractivity contribution in [3.05, 3.63) is 98.4 Å². The van der Waals surface area contributed by atoms with Gasteiger partial charge in [-0.1, -0.05) is 88.5 Å². The molecule has 3 aromatic rings. The number of hydrogen-bond acceptors (Lipinski definition) is 4. The standard InChI is InChI=1S/C29H32BrCl2N3O4S/c1-4-20(2)33-29(37)27(16-21-9-6-5-7-10-21)34(18-22-13-14-25(31)26(32)15-22)28(36)19-35(40(3,38)39)24-12-8-11-23(30)17-24/h5-15,17,20,27H,4,16,18-19H2,1-3H3,(H,33,37)/t20-,27+/m1/s1. The van der Waals surface area contributed by atoms with Gasteiger partial charge in [0, 0.05) is 23.5 Å². The van der Waals surface area contributed by atoms with E-state index in [1.807, 2.05) is 44.2 Å². The summed E-state index contributed by atoms with van der Waals surface area (Å²) in [7, 11) is -3.85. The van der Waals surface area contributed by atoms with Gasteiger partial charge in [0.25, 0.3) is 0 Å². The van der Waals surface area contributed by atoms with Gasteiger partial charge in [-0.05, 0) is 54.8 Å². The average molecular weight is 669 g/mol. The average Bonchev–Trinajstić information content (AvgIpc) is 2.90. The second-order valence-corrected chi connectivity index (χ2v) is 13.2. The summed E-state index contributed by atoms with van der Waals surface area (Å²) in [6, 6.07) is 20.0. The molecular weight excluding hydrogens is 637 g/mol. The van der Waals surface area contributed by atoms with Gasteiger partial charge in [0.15, 0.2) is 0 Å². The van der Waals surface area contributed by atoms with Gasteiger partial charge in [-0.2, -0.15) is 0 Å². The van der Waals surface area contributed by atoms with E-state index in [0.717, 1.165) is 16.1 Å². The van der Waals surface area contributed by atoms with Crippen LogP contribution in [0.25, 0.3) is 0 Å². The quantitative estimate of drug-likeness (QED) is 0.254. The van der Waals surface area contributed by atoms with E-state index in [4.69, 9.17) is 23.2 Å². The first-order valence-corrected chi connectivity index (χ1v) is 16.1. The van der Waals surface area contributed by atoms with E-state index in [-0.39, 0.29) is 24.9 Å². The number of rotatable bonds is 12. The fraction of sp³-hybridized carbons (Fsp3) is 0.310. The van der Waals surface area contributed by atoms with Crippen LogP contribution in [0.2, 0.25) is 10.0 Å². The fourth-order valence-corrected chi connectivity index (χ4v) is 5.62. The number of sulfonamides is 1. The first-order chi connectivity index (χ1) is 18.9. The van der Waals surface area contributed by atoms with Gasteiger partial charge in [0.2, 0.25) is 21.8 Å². The smallest absolute Gasteiger partial charge is 0.244 e. The predicted octanol–water partition coefficient (Wildman–Crippen LogP) is 6.08. The number of halogens is 3. The van der Waals surface area contributed by atoms with Gasteiger partial charge in [-0.15, -0.1) is 0 Å². The largest absolute Gasteiger partial charge is 0.352 e. The molecule has 214 valence electrons. The summed E-state index contributed by atoms with van der Waals surface area (Å²) < 4.78 is 27.4. The van der Waals surface area contributed by atoms with Crippen LogP contribution in [0.4, 0.5) is 5.69 Å². The van der Waals surface area contributed by atoms with Crippen molar-refractivity contribution in [3.8, 4) is 0 Å². The van der Waals surface area contributed by atoms with Gasteiger partial charge in [0.05, 0.1) is 22.0 Å². The summed E-state index contributed by atoms with van der Waals surface area (Å²) in [5.41, 5.74) is 1.82. The second-order valence-electron chi connectivity index (χ2n) is 9.54. The Balaban J connectivity index is 2.08. The Labute approximate surface area is 254 Å². The Bertz CT molecular complexity index is 1440. The number of nitrogens with zero attached hydrogens (tertiary/aromatic N) is 2. The molecule has 7 nitrogen and oxygen atoms in total. The summed E-state index contributed by atoms with van der Waals surface area (Å²) in [5, 5.41) is 3.66. The van der Waals surface area contributed by atoms with Crippen molar-refractivity contribution in [2.45, 2.75) is 45.3 Å². The number of carbonyl (C=O) groups excluding carboxylic acids is 2. The molecule has 0 radical (unpaired) electrons. The van der Waals surface area contributed by atoms with Gasteiger partial charge < -0.3 is 10.2 Å². The van der Waals surface area contributed by atoms with Crippen LogP contribution in [0.1, 0.15) is 31.4 Å². The van der Waals surface area contributed by atoms with Crippen LogP contribution < -0.4 is 9.62 Å². The molecule has 0 aromatic heterocycles. The number of amides is 2. The molecule has 2 atom stereocenters. The maximum atomic E-state index is 14.1. The van der Waals surface area contributed by atoms with Gasteiger partial charge >= 0.3 is 0 Å². The molecule has 0 heterocycles. The fourth-order valence-electron chi connectivity index (χ4n) is 4.07.